The molecule has 3 aliphatic rings. The highest BCUT2D eigenvalue weighted by Gasteiger charge is 2.60. The molecule has 0 amide bonds. The van der Waals surface area contributed by atoms with Crippen molar-refractivity contribution in [1.29, 1.82) is 0 Å². The summed E-state index contributed by atoms with van der Waals surface area (Å²) < 4.78 is 7.75. The van der Waals surface area contributed by atoms with Gasteiger partial charge in [0.25, 0.3) is 0 Å². The Bertz CT molecular complexity index is 733. The maximum Gasteiger partial charge on any atom is 0.0981 e. The fraction of sp³-hybridized carbons (Fsp3) is 0.556. The van der Waals surface area contributed by atoms with Gasteiger partial charge in [0, 0.05) is 55.9 Å². The van der Waals surface area contributed by atoms with E-state index >= 15 is 0 Å². The number of likely N-dealkylation sites (tertiary alicyclic amines) is 1. The van der Waals surface area contributed by atoms with Crippen LogP contribution in [0.4, 0.5) is 0 Å². The van der Waals surface area contributed by atoms with E-state index < -0.39 is 0 Å². The van der Waals surface area contributed by atoms with Crippen molar-refractivity contribution in [3.63, 3.8) is 0 Å². The van der Waals surface area contributed by atoms with Crippen LogP contribution in [0.15, 0.2) is 29.6 Å². The molecule has 0 unspecified atom stereocenters. The third-order valence-electron chi connectivity index (χ3n) is 5.94. The quantitative estimate of drug-likeness (QED) is 0.899. The van der Waals surface area contributed by atoms with Crippen molar-refractivity contribution in [3.05, 3.63) is 35.2 Å². The maximum absolute atomic E-state index is 9.82. The molecular formula is C18H22N2O2S. The molecule has 3 fully saturated rings. The number of morpholine rings is 1. The lowest BCUT2D eigenvalue weighted by Crippen LogP contribution is -2.52. The summed E-state index contributed by atoms with van der Waals surface area (Å²) >= 11 is 1.83. The number of rotatable bonds is 3. The first kappa shape index (κ1) is 14.4. The van der Waals surface area contributed by atoms with E-state index in [1.54, 1.807) is 0 Å². The Morgan fingerprint density at radius 2 is 2.30 bits per heavy atom. The Hall–Kier alpha value is -0.980. The van der Waals surface area contributed by atoms with Gasteiger partial charge in [-0.05, 0) is 22.4 Å². The molecule has 0 saturated carbocycles. The monoisotopic (exact) mass is 330 g/mol. The molecule has 1 aromatic carbocycles. The molecule has 4 heterocycles. The van der Waals surface area contributed by atoms with Crippen LogP contribution in [0.1, 0.15) is 5.56 Å². The molecule has 23 heavy (non-hydrogen) atoms. The topological polar surface area (TPSA) is 44.7 Å². The van der Waals surface area contributed by atoms with Crippen LogP contribution < -0.4 is 5.32 Å². The van der Waals surface area contributed by atoms with Gasteiger partial charge in [-0.25, -0.2) is 0 Å². The van der Waals surface area contributed by atoms with Gasteiger partial charge in [0.05, 0.1) is 11.7 Å². The molecule has 2 N–H and O–H groups in total. The summed E-state index contributed by atoms with van der Waals surface area (Å²) in [7, 11) is 0. The zero-order valence-electron chi connectivity index (χ0n) is 13.1. The summed E-state index contributed by atoms with van der Waals surface area (Å²) in [5.74, 6) is 0.742. The molecule has 0 radical (unpaired) electrons. The van der Waals surface area contributed by atoms with Gasteiger partial charge in [-0.15, -0.1) is 11.3 Å². The minimum absolute atomic E-state index is 0.0812. The first-order chi connectivity index (χ1) is 11.3. The molecule has 2 bridgehead atoms. The van der Waals surface area contributed by atoms with Gasteiger partial charge in [-0.1, -0.05) is 18.2 Å². The standard InChI is InChI=1S/C18H22N2O2S/c21-8-14-15-7-20(11-18(15)10-19-5-16(14)22-18)6-12-9-23-17-4-2-1-3-13(12)17/h1-4,9,14-16,19,21H,5-8,10-11H2/t14-,15+,16+,18+/m0/s1. The minimum atomic E-state index is -0.0812. The number of aliphatic hydroxyl groups excluding tert-OH is 1. The van der Waals surface area contributed by atoms with Crippen LogP contribution in [0.5, 0.6) is 0 Å². The molecule has 1 spiro atoms. The maximum atomic E-state index is 9.82. The lowest BCUT2D eigenvalue weighted by molar-refractivity contribution is -0.0746. The summed E-state index contributed by atoms with van der Waals surface area (Å²) in [6.45, 7) is 5.04. The van der Waals surface area contributed by atoms with Crippen LogP contribution in [-0.2, 0) is 11.3 Å². The first-order valence-electron chi connectivity index (χ1n) is 8.46. The van der Waals surface area contributed by atoms with E-state index in [1.807, 2.05) is 11.3 Å². The largest absolute Gasteiger partial charge is 0.396 e. The van der Waals surface area contributed by atoms with Crippen LogP contribution in [0.3, 0.4) is 0 Å². The number of nitrogens with one attached hydrogen (secondary N) is 1. The Labute approximate surface area is 140 Å². The van der Waals surface area contributed by atoms with Crippen LogP contribution in [0.2, 0.25) is 0 Å². The minimum Gasteiger partial charge on any atom is -0.396 e. The number of ether oxygens (including phenoxy) is 1. The van der Waals surface area contributed by atoms with Crippen LogP contribution >= 0.6 is 11.3 Å². The smallest absolute Gasteiger partial charge is 0.0981 e. The second kappa shape index (κ2) is 5.26. The third-order valence-corrected chi connectivity index (χ3v) is 6.95. The van der Waals surface area contributed by atoms with Crippen LogP contribution in [0.25, 0.3) is 10.1 Å². The highest BCUT2D eigenvalue weighted by atomic mass is 32.1. The first-order valence-corrected chi connectivity index (χ1v) is 9.34. The highest BCUT2D eigenvalue weighted by Crippen LogP contribution is 2.47. The van der Waals surface area contributed by atoms with Gasteiger partial charge in [-0.2, -0.15) is 0 Å². The van der Waals surface area contributed by atoms with Crippen LogP contribution in [-0.4, -0.2) is 54.5 Å². The van der Waals surface area contributed by atoms with Crippen molar-refractivity contribution >= 4 is 21.4 Å². The average Bonchev–Trinajstić information content (AvgIpc) is 3.17. The van der Waals surface area contributed by atoms with E-state index in [0.717, 1.165) is 32.7 Å². The normalized spacial score (nSPS) is 36.7. The number of benzene rings is 1. The third kappa shape index (κ3) is 2.11. The van der Waals surface area contributed by atoms with Gasteiger partial charge < -0.3 is 15.2 Å². The predicted octanol–water partition coefficient (Wildman–Crippen LogP) is 1.68. The number of hydrogen-bond acceptors (Lipinski definition) is 5. The molecule has 4 atom stereocenters. The van der Waals surface area contributed by atoms with Crippen molar-refractivity contribution < 1.29 is 9.84 Å². The molecule has 5 heteroatoms. The van der Waals surface area contributed by atoms with E-state index in [-0.39, 0.29) is 24.2 Å². The molecule has 2 aromatic rings. The van der Waals surface area contributed by atoms with Crippen molar-refractivity contribution in [1.82, 2.24) is 10.2 Å². The molecule has 4 nitrogen and oxygen atoms in total. The SMILES string of the molecule is OC[C@H]1[C@H]2CN(Cc3csc4ccccc34)C[C@]23CNC[C@H]1O3. The fourth-order valence-electron chi connectivity index (χ4n) is 4.91. The van der Waals surface area contributed by atoms with E-state index in [1.165, 1.54) is 15.6 Å². The summed E-state index contributed by atoms with van der Waals surface area (Å²) in [4.78, 5) is 2.52. The highest BCUT2D eigenvalue weighted by molar-refractivity contribution is 7.17. The fourth-order valence-corrected chi connectivity index (χ4v) is 5.87. The van der Waals surface area contributed by atoms with E-state index in [2.05, 4.69) is 39.9 Å². The number of fused-ring (bicyclic) bond motifs is 2. The summed E-state index contributed by atoms with van der Waals surface area (Å²) in [6, 6.07) is 8.65. The van der Waals surface area contributed by atoms with Gasteiger partial charge in [0.2, 0.25) is 0 Å². The number of hydrogen-bond donors (Lipinski definition) is 2. The van der Waals surface area contributed by atoms with Crippen molar-refractivity contribution in [3.8, 4) is 0 Å². The van der Waals surface area contributed by atoms with E-state index in [0.29, 0.717) is 5.92 Å². The summed E-state index contributed by atoms with van der Waals surface area (Å²) in [5.41, 5.74) is 1.34. The van der Waals surface area contributed by atoms with Crippen molar-refractivity contribution in [2.45, 2.75) is 18.2 Å². The summed E-state index contributed by atoms with van der Waals surface area (Å²) in [6.07, 6.45) is 0.197. The van der Waals surface area contributed by atoms with Gasteiger partial charge in [0.15, 0.2) is 0 Å². The average molecular weight is 330 g/mol. The Morgan fingerprint density at radius 1 is 1.39 bits per heavy atom. The zero-order valence-corrected chi connectivity index (χ0v) is 13.9. The molecule has 1 aromatic heterocycles. The van der Waals surface area contributed by atoms with Gasteiger partial charge in [0.1, 0.15) is 0 Å². The Kier molecular flexibility index (Phi) is 3.29. The molecule has 0 aliphatic carbocycles. The van der Waals surface area contributed by atoms with Crippen molar-refractivity contribution in [2.75, 3.05) is 32.8 Å². The number of nitrogens with zero attached hydrogens (tertiary/aromatic N) is 1. The second-order valence-electron chi connectivity index (χ2n) is 7.23. The molecular weight excluding hydrogens is 308 g/mol. The van der Waals surface area contributed by atoms with Gasteiger partial charge >= 0.3 is 0 Å². The van der Waals surface area contributed by atoms with E-state index in [9.17, 15) is 5.11 Å². The molecule has 122 valence electrons. The predicted molar refractivity (Wildman–Crippen MR) is 91.6 cm³/mol. The Balaban J connectivity index is 1.40. The second-order valence-corrected chi connectivity index (χ2v) is 8.14. The zero-order chi connectivity index (χ0) is 15.4. The lowest BCUT2D eigenvalue weighted by Gasteiger charge is -2.34. The molecule has 3 aliphatic heterocycles. The van der Waals surface area contributed by atoms with E-state index in [4.69, 9.17) is 4.74 Å². The Morgan fingerprint density at radius 3 is 3.22 bits per heavy atom. The number of aliphatic hydroxyl groups is 1. The van der Waals surface area contributed by atoms with Crippen LogP contribution in [0, 0.1) is 11.8 Å². The van der Waals surface area contributed by atoms with Crippen molar-refractivity contribution in [2.24, 2.45) is 11.8 Å². The number of thiophene rings is 1. The summed E-state index contributed by atoms with van der Waals surface area (Å²) in [5, 5.41) is 17.0. The molecule has 3 saturated heterocycles. The molecule has 5 rings (SSSR count). The lowest BCUT2D eigenvalue weighted by atomic mass is 9.83. The van der Waals surface area contributed by atoms with Gasteiger partial charge in [-0.3, -0.25) is 4.90 Å².